The lowest BCUT2D eigenvalue weighted by atomic mass is 9.97. The van der Waals surface area contributed by atoms with Crippen LogP contribution in [0.15, 0.2) is 0 Å². The van der Waals surface area contributed by atoms with Gasteiger partial charge in [0.2, 0.25) is 0 Å². The third kappa shape index (κ3) is 9.42. The van der Waals surface area contributed by atoms with E-state index in [0.717, 1.165) is 19.3 Å². The Morgan fingerprint density at radius 1 is 0.629 bits per heavy atom. The van der Waals surface area contributed by atoms with Crippen LogP contribution in [0.25, 0.3) is 0 Å². The van der Waals surface area contributed by atoms with Crippen LogP contribution in [0.2, 0.25) is 0 Å². The predicted octanol–water partition coefficient (Wildman–Crippen LogP) is -0.452. The highest BCUT2D eigenvalue weighted by Gasteiger charge is 2.50. The second kappa shape index (κ2) is 16.4. The van der Waals surface area contributed by atoms with Crippen LogP contribution in [0, 0.1) is 0 Å². The van der Waals surface area contributed by atoms with Crippen LogP contribution < -0.4 is 0 Å². The van der Waals surface area contributed by atoms with E-state index in [9.17, 15) is 35.7 Å². The molecule has 2 fully saturated rings. The van der Waals surface area contributed by atoms with E-state index in [1.807, 2.05) is 0 Å². The Morgan fingerprint density at radius 3 is 1.83 bits per heavy atom. The predicted molar refractivity (Wildman–Crippen MR) is 124 cm³/mol. The maximum atomic E-state index is 10.3. The highest BCUT2D eigenvalue weighted by Crippen LogP contribution is 2.28. The van der Waals surface area contributed by atoms with Crippen LogP contribution >= 0.6 is 0 Å². The molecule has 0 bridgehead atoms. The molecule has 0 unspecified atom stereocenters. The summed E-state index contributed by atoms with van der Waals surface area (Å²) < 4.78 is 21.8. The summed E-state index contributed by atoms with van der Waals surface area (Å²) >= 11 is 0. The van der Waals surface area contributed by atoms with Crippen LogP contribution in [-0.2, 0) is 18.9 Å². The maximum absolute atomic E-state index is 10.3. The largest absolute Gasteiger partial charge is 0.394 e. The molecule has 0 aromatic heterocycles. The average Bonchev–Trinajstić information content (AvgIpc) is 2.85. The molecule has 0 aromatic carbocycles. The fourth-order valence-electron chi connectivity index (χ4n) is 4.45. The highest BCUT2D eigenvalue weighted by atomic mass is 16.7. The molecule has 35 heavy (non-hydrogen) atoms. The maximum Gasteiger partial charge on any atom is 0.187 e. The van der Waals surface area contributed by atoms with Crippen LogP contribution in [0.5, 0.6) is 0 Å². The van der Waals surface area contributed by atoms with Crippen LogP contribution in [0.3, 0.4) is 0 Å². The third-order valence-corrected chi connectivity index (χ3v) is 6.72. The molecule has 7 N–H and O–H groups in total. The van der Waals surface area contributed by atoms with Crippen molar-refractivity contribution in [3.8, 4) is 0 Å². The van der Waals surface area contributed by atoms with Crippen molar-refractivity contribution in [3.63, 3.8) is 0 Å². The van der Waals surface area contributed by atoms with Crippen molar-refractivity contribution >= 4 is 0 Å². The Kier molecular flexibility index (Phi) is 14.4. The van der Waals surface area contributed by atoms with Crippen molar-refractivity contribution in [2.24, 2.45) is 0 Å². The Balaban J connectivity index is 1.72. The smallest absolute Gasteiger partial charge is 0.187 e. The second-order valence-corrected chi connectivity index (χ2v) is 9.60. The molecule has 2 aliphatic heterocycles. The van der Waals surface area contributed by atoms with E-state index in [1.54, 1.807) is 0 Å². The molecule has 10 atom stereocenters. The quantitative estimate of drug-likeness (QED) is 0.134. The van der Waals surface area contributed by atoms with Gasteiger partial charge in [-0.15, -0.1) is 0 Å². The molecule has 0 aromatic rings. The van der Waals surface area contributed by atoms with Gasteiger partial charge in [-0.2, -0.15) is 0 Å². The molecular weight excluding hydrogens is 464 g/mol. The summed E-state index contributed by atoms with van der Waals surface area (Å²) in [6, 6.07) is 0. The molecule has 0 saturated carbocycles. The van der Waals surface area contributed by atoms with Gasteiger partial charge in [0.25, 0.3) is 0 Å². The second-order valence-electron chi connectivity index (χ2n) is 9.60. The average molecular weight is 511 g/mol. The normalized spacial score (nSPS) is 38.1. The Bertz CT molecular complexity index is 552. The standard InChI is InChI=1S/C24H46O11/c1-2-3-4-5-6-7-8-9-10-11-12-32-14-16-17(26)18(27)21(30)24(34-16)35-22-15(13-25)33-23(31)20(29)19(22)28/h15-31H,2-14H2,1H3/t15-,16-,17+,18+,19-,20-,21-,22-,23+,24+/m1/s1. The van der Waals surface area contributed by atoms with E-state index < -0.39 is 68.0 Å². The zero-order valence-electron chi connectivity index (χ0n) is 20.7. The molecule has 2 heterocycles. The molecule has 208 valence electrons. The van der Waals surface area contributed by atoms with Crippen molar-refractivity contribution in [1.82, 2.24) is 0 Å². The van der Waals surface area contributed by atoms with Gasteiger partial charge in [0, 0.05) is 6.61 Å². The van der Waals surface area contributed by atoms with Gasteiger partial charge in [-0.3, -0.25) is 0 Å². The molecule has 0 aliphatic carbocycles. The van der Waals surface area contributed by atoms with E-state index in [-0.39, 0.29) is 6.61 Å². The fourth-order valence-corrected chi connectivity index (χ4v) is 4.45. The lowest BCUT2D eigenvalue weighted by Crippen LogP contribution is -2.64. The molecule has 0 radical (unpaired) electrons. The molecule has 0 amide bonds. The minimum atomic E-state index is -1.72. The summed E-state index contributed by atoms with van der Waals surface area (Å²) in [5.74, 6) is 0. The molecule has 11 nitrogen and oxygen atoms in total. The van der Waals surface area contributed by atoms with Crippen molar-refractivity contribution in [2.45, 2.75) is 133 Å². The van der Waals surface area contributed by atoms with E-state index in [4.69, 9.17) is 18.9 Å². The first-order valence-electron chi connectivity index (χ1n) is 13.0. The monoisotopic (exact) mass is 510 g/mol. The van der Waals surface area contributed by atoms with E-state index >= 15 is 0 Å². The first-order chi connectivity index (χ1) is 16.8. The van der Waals surface area contributed by atoms with Gasteiger partial charge < -0.3 is 54.7 Å². The fraction of sp³-hybridized carbons (Fsp3) is 1.00. The van der Waals surface area contributed by atoms with Crippen molar-refractivity contribution < 1.29 is 54.7 Å². The lowest BCUT2D eigenvalue weighted by Gasteiger charge is -2.45. The summed E-state index contributed by atoms with van der Waals surface area (Å²) in [5, 5.41) is 70.0. The van der Waals surface area contributed by atoms with E-state index in [0.29, 0.717) is 6.61 Å². The lowest BCUT2D eigenvalue weighted by molar-refractivity contribution is -0.355. The van der Waals surface area contributed by atoms with Gasteiger partial charge in [-0.1, -0.05) is 64.7 Å². The van der Waals surface area contributed by atoms with Crippen LogP contribution in [0.1, 0.15) is 71.1 Å². The molecule has 2 rings (SSSR count). The number of aliphatic hydroxyl groups is 7. The van der Waals surface area contributed by atoms with Gasteiger partial charge in [0.15, 0.2) is 12.6 Å². The van der Waals surface area contributed by atoms with E-state index in [2.05, 4.69) is 6.92 Å². The Hall–Kier alpha value is -0.440. The SMILES string of the molecule is CCCCCCCCCCCCOC[C@H]1O[C@@H](O[C@H]2[C@H](O)[C@@H](O)[C@@H](O)O[C@@H]2CO)[C@H](O)[C@@H](O)[C@H]1O. The third-order valence-electron chi connectivity index (χ3n) is 6.72. The van der Waals surface area contributed by atoms with Gasteiger partial charge in [-0.25, -0.2) is 0 Å². The van der Waals surface area contributed by atoms with Gasteiger partial charge in [-0.05, 0) is 6.42 Å². The van der Waals surface area contributed by atoms with Crippen molar-refractivity contribution in [3.05, 3.63) is 0 Å². The zero-order chi connectivity index (χ0) is 25.8. The van der Waals surface area contributed by atoms with Gasteiger partial charge in [0.1, 0.15) is 48.8 Å². The number of ether oxygens (including phenoxy) is 4. The topological polar surface area (TPSA) is 179 Å². The van der Waals surface area contributed by atoms with Crippen LogP contribution in [-0.4, -0.2) is 117 Å². The summed E-state index contributed by atoms with van der Waals surface area (Å²) in [7, 11) is 0. The van der Waals surface area contributed by atoms with Crippen molar-refractivity contribution in [2.75, 3.05) is 19.8 Å². The van der Waals surface area contributed by atoms with Crippen molar-refractivity contribution in [1.29, 1.82) is 0 Å². The van der Waals surface area contributed by atoms with Crippen LogP contribution in [0.4, 0.5) is 0 Å². The highest BCUT2D eigenvalue weighted by molar-refractivity contribution is 4.93. The van der Waals surface area contributed by atoms with Gasteiger partial charge >= 0.3 is 0 Å². The molecular formula is C24H46O11. The summed E-state index contributed by atoms with van der Waals surface area (Å²) in [6.07, 6.45) is -2.91. The minimum absolute atomic E-state index is 0.0449. The summed E-state index contributed by atoms with van der Waals surface area (Å²) in [6.45, 7) is 1.98. The molecule has 2 saturated heterocycles. The summed E-state index contributed by atoms with van der Waals surface area (Å²) in [5.41, 5.74) is 0. The zero-order valence-corrected chi connectivity index (χ0v) is 20.7. The first-order valence-corrected chi connectivity index (χ1v) is 13.0. The molecule has 0 spiro atoms. The number of hydrogen-bond donors (Lipinski definition) is 7. The molecule has 2 aliphatic rings. The molecule has 11 heteroatoms. The number of aliphatic hydroxyl groups excluding tert-OH is 7. The number of hydrogen-bond acceptors (Lipinski definition) is 11. The van der Waals surface area contributed by atoms with Gasteiger partial charge in [0.05, 0.1) is 13.2 Å². The Labute approximate surface area is 207 Å². The first kappa shape index (κ1) is 30.8. The summed E-state index contributed by atoms with van der Waals surface area (Å²) in [4.78, 5) is 0. The minimum Gasteiger partial charge on any atom is -0.394 e. The number of unbranched alkanes of at least 4 members (excludes halogenated alkanes) is 9. The Morgan fingerprint density at radius 2 is 1.23 bits per heavy atom. The van der Waals surface area contributed by atoms with E-state index in [1.165, 1.54) is 44.9 Å². The number of rotatable bonds is 16.